The minimum absolute atomic E-state index is 0.122. The van der Waals surface area contributed by atoms with E-state index in [-0.39, 0.29) is 25.0 Å². The van der Waals surface area contributed by atoms with E-state index in [1.807, 2.05) is 57.2 Å². The first-order chi connectivity index (χ1) is 17.1. The second-order valence-corrected chi connectivity index (χ2v) is 11.8. The van der Waals surface area contributed by atoms with Crippen molar-refractivity contribution in [2.45, 2.75) is 77.9 Å². The van der Waals surface area contributed by atoms with Gasteiger partial charge in [0.25, 0.3) is 0 Å². The average Bonchev–Trinajstić information content (AvgIpc) is 2.83. The number of hydrogen-bond acceptors (Lipinski definition) is 4. The lowest BCUT2D eigenvalue weighted by molar-refractivity contribution is -0.140. The molecule has 36 heavy (non-hydrogen) atoms. The quantitative estimate of drug-likeness (QED) is 0.512. The fraction of sp³-hybridized carbons (Fsp3) is 0.500. The number of anilines is 1. The maximum Gasteiger partial charge on any atom is 0.244 e. The first kappa shape index (κ1) is 27.7. The van der Waals surface area contributed by atoms with Crippen LogP contribution in [0.4, 0.5) is 5.69 Å². The van der Waals surface area contributed by atoms with Gasteiger partial charge in [-0.1, -0.05) is 73.7 Å². The molecule has 0 bridgehead atoms. The summed E-state index contributed by atoms with van der Waals surface area (Å²) in [5.41, 5.74) is 3.36. The Labute approximate surface area is 215 Å². The second kappa shape index (κ2) is 12.4. The van der Waals surface area contributed by atoms with Crippen LogP contribution in [-0.2, 0) is 26.2 Å². The van der Waals surface area contributed by atoms with Crippen LogP contribution in [0.15, 0.2) is 48.5 Å². The molecule has 1 N–H and O–H groups in total. The molecule has 1 aliphatic carbocycles. The Balaban J connectivity index is 1.90. The summed E-state index contributed by atoms with van der Waals surface area (Å²) in [4.78, 5) is 28.7. The number of carbonyl (C=O) groups is 2. The van der Waals surface area contributed by atoms with Gasteiger partial charge in [0.1, 0.15) is 12.6 Å². The van der Waals surface area contributed by atoms with Gasteiger partial charge in [-0.15, -0.1) is 0 Å². The van der Waals surface area contributed by atoms with E-state index in [1.165, 1.54) is 6.42 Å². The minimum atomic E-state index is -3.73. The van der Waals surface area contributed by atoms with E-state index in [0.717, 1.165) is 52.9 Å². The van der Waals surface area contributed by atoms with Crippen LogP contribution in [-0.4, -0.2) is 50.0 Å². The van der Waals surface area contributed by atoms with Gasteiger partial charge in [0.15, 0.2) is 0 Å². The Morgan fingerprint density at radius 2 is 1.67 bits per heavy atom. The van der Waals surface area contributed by atoms with Crippen LogP contribution < -0.4 is 9.62 Å². The van der Waals surface area contributed by atoms with E-state index in [9.17, 15) is 18.0 Å². The third kappa shape index (κ3) is 7.56. The molecule has 0 radical (unpaired) electrons. The van der Waals surface area contributed by atoms with E-state index in [0.29, 0.717) is 12.1 Å². The van der Waals surface area contributed by atoms with Crippen molar-refractivity contribution in [2.75, 3.05) is 17.1 Å². The zero-order valence-electron chi connectivity index (χ0n) is 21.9. The Morgan fingerprint density at radius 1 is 1.00 bits per heavy atom. The minimum Gasteiger partial charge on any atom is -0.352 e. The van der Waals surface area contributed by atoms with Gasteiger partial charge in [-0.3, -0.25) is 13.9 Å². The Morgan fingerprint density at radius 3 is 2.25 bits per heavy atom. The number of rotatable bonds is 10. The number of benzene rings is 2. The molecule has 2 aromatic carbocycles. The molecule has 1 fully saturated rings. The summed E-state index contributed by atoms with van der Waals surface area (Å²) in [5, 5.41) is 3.16. The molecule has 196 valence electrons. The first-order valence-electron chi connectivity index (χ1n) is 12.8. The molecule has 3 rings (SSSR count). The zero-order valence-corrected chi connectivity index (χ0v) is 22.7. The maximum atomic E-state index is 13.8. The Bertz CT molecular complexity index is 1140. The number of amides is 2. The highest BCUT2D eigenvalue weighted by Crippen LogP contribution is 2.22. The molecule has 1 aliphatic rings. The Hall–Kier alpha value is -2.87. The summed E-state index contributed by atoms with van der Waals surface area (Å²) in [7, 11) is -3.73. The standard InChI is InChI=1S/C28H39N3O4S/c1-5-26(28(33)29-24-12-7-6-8-13-24)30(19-23-11-9-10-22(3)18-23)27(32)20-31(36(4,34)35)25-16-14-21(2)15-17-25/h9-11,14-18,24,26H,5-8,12-13,19-20H2,1-4H3,(H,29,33)/t26-/m1/s1. The van der Waals surface area contributed by atoms with Gasteiger partial charge in [0, 0.05) is 12.6 Å². The molecule has 0 aliphatic heterocycles. The summed E-state index contributed by atoms with van der Waals surface area (Å²) >= 11 is 0. The lowest BCUT2D eigenvalue weighted by atomic mass is 9.95. The number of aryl methyl sites for hydroxylation is 2. The smallest absolute Gasteiger partial charge is 0.244 e. The Kier molecular flexibility index (Phi) is 9.54. The zero-order chi connectivity index (χ0) is 26.3. The lowest BCUT2D eigenvalue weighted by Gasteiger charge is -2.34. The van der Waals surface area contributed by atoms with Crippen LogP contribution in [0.1, 0.15) is 62.1 Å². The third-order valence-corrected chi connectivity index (χ3v) is 7.91. The van der Waals surface area contributed by atoms with Crippen molar-refractivity contribution in [1.29, 1.82) is 0 Å². The summed E-state index contributed by atoms with van der Waals surface area (Å²) < 4.78 is 26.5. The van der Waals surface area contributed by atoms with Gasteiger partial charge >= 0.3 is 0 Å². The first-order valence-corrected chi connectivity index (χ1v) is 14.6. The van der Waals surface area contributed by atoms with E-state index in [1.54, 1.807) is 17.0 Å². The molecule has 0 spiro atoms. The summed E-state index contributed by atoms with van der Waals surface area (Å²) in [6, 6.07) is 14.3. The summed E-state index contributed by atoms with van der Waals surface area (Å²) in [5.74, 6) is -0.584. The largest absolute Gasteiger partial charge is 0.352 e. The topological polar surface area (TPSA) is 86.8 Å². The van der Waals surface area contributed by atoms with Crippen LogP contribution in [0.25, 0.3) is 0 Å². The van der Waals surface area contributed by atoms with Gasteiger partial charge in [-0.05, 0) is 50.8 Å². The summed E-state index contributed by atoms with van der Waals surface area (Å²) in [6.07, 6.45) is 6.78. The van der Waals surface area contributed by atoms with Crippen molar-refractivity contribution < 1.29 is 18.0 Å². The number of sulfonamides is 1. The van der Waals surface area contributed by atoms with E-state index < -0.39 is 22.0 Å². The molecule has 0 saturated heterocycles. The monoisotopic (exact) mass is 513 g/mol. The predicted octanol–water partition coefficient (Wildman–Crippen LogP) is 4.33. The highest BCUT2D eigenvalue weighted by atomic mass is 32.2. The average molecular weight is 514 g/mol. The highest BCUT2D eigenvalue weighted by Gasteiger charge is 2.32. The molecule has 1 atom stereocenters. The molecule has 2 amide bonds. The van der Waals surface area contributed by atoms with Crippen LogP contribution in [0.3, 0.4) is 0 Å². The SMILES string of the molecule is CC[C@H](C(=O)NC1CCCCC1)N(Cc1cccc(C)c1)C(=O)CN(c1ccc(C)cc1)S(C)(=O)=O. The fourth-order valence-corrected chi connectivity index (χ4v) is 5.65. The number of nitrogens with zero attached hydrogens (tertiary/aromatic N) is 2. The third-order valence-electron chi connectivity index (χ3n) is 6.77. The number of carbonyl (C=O) groups excluding carboxylic acids is 2. The van der Waals surface area contributed by atoms with E-state index >= 15 is 0 Å². The molecular weight excluding hydrogens is 474 g/mol. The second-order valence-electron chi connectivity index (χ2n) is 9.88. The summed E-state index contributed by atoms with van der Waals surface area (Å²) in [6.45, 7) is 5.63. The van der Waals surface area contributed by atoms with Crippen molar-refractivity contribution in [1.82, 2.24) is 10.2 Å². The maximum absolute atomic E-state index is 13.8. The van der Waals surface area contributed by atoms with Crippen molar-refractivity contribution in [3.63, 3.8) is 0 Å². The normalized spacial score (nSPS) is 15.2. The van der Waals surface area contributed by atoms with Gasteiger partial charge in [-0.25, -0.2) is 8.42 Å². The molecule has 0 aromatic heterocycles. The van der Waals surface area contributed by atoms with Crippen LogP contribution in [0.5, 0.6) is 0 Å². The molecular formula is C28H39N3O4S. The van der Waals surface area contributed by atoms with E-state index in [2.05, 4.69) is 5.32 Å². The van der Waals surface area contributed by atoms with Crippen molar-refractivity contribution in [2.24, 2.45) is 0 Å². The fourth-order valence-electron chi connectivity index (χ4n) is 4.80. The number of nitrogens with one attached hydrogen (secondary N) is 1. The predicted molar refractivity (Wildman–Crippen MR) is 144 cm³/mol. The van der Waals surface area contributed by atoms with Crippen LogP contribution >= 0.6 is 0 Å². The van der Waals surface area contributed by atoms with Gasteiger partial charge in [0.05, 0.1) is 11.9 Å². The molecule has 0 unspecified atom stereocenters. The number of hydrogen-bond donors (Lipinski definition) is 1. The van der Waals surface area contributed by atoms with Crippen molar-refractivity contribution in [3.8, 4) is 0 Å². The highest BCUT2D eigenvalue weighted by molar-refractivity contribution is 7.92. The molecule has 2 aromatic rings. The lowest BCUT2D eigenvalue weighted by Crippen LogP contribution is -2.53. The van der Waals surface area contributed by atoms with Crippen molar-refractivity contribution >= 4 is 27.5 Å². The molecule has 0 heterocycles. The van der Waals surface area contributed by atoms with Gasteiger partial charge in [-0.2, -0.15) is 0 Å². The van der Waals surface area contributed by atoms with Crippen LogP contribution in [0.2, 0.25) is 0 Å². The molecule has 8 heteroatoms. The molecule has 7 nitrogen and oxygen atoms in total. The van der Waals surface area contributed by atoms with Gasteiger partial charge < -0.3 is 10.2 Å². The van der Waals surface area contributed by atoms with Crippen LogP contribution in [0, 0.1) is 13.8 Å². The van der Waals surface area contributed by atoms with Gasteiger partial charge in [0.2, 0.25) is 21.8 Å². The van der Waals surface area contributed by atoms with E-state index in [4.69, 9.17) is 0 Å². The molecule has 1 saturated carbocycles. The van der Waals surface area contributed by atoms with Crippen molar-refractivity contribution in [3.05, 3.63) is 65.2 Å².